The topological polar surface area (TPSA) is 84.0 Å². The van der Waals surface area contributed by atoms with Crippen LogP contribution in [0.2, 0.25) is 0 Å². The first-order valence-electron chi connectivity index (χ1n) is 10.8. The number of amides is 2. The van der Waals surface area contributed by atoms with E-state index >= 15 is 0 Å². The zero-order chi connectivity index (χ0) is 23.7. The maximum Gasteiger partial charge on any atom is 0.413 e. The number of halogens is 2. The van der Waals surface area contributed by atoms with Crippen molar-refractivity contribution in [1.29, 1.82) is 0 Å². The van der Waals surface area contributed by atoms with Crippen molar-refractivity contribution in [3.8, 4) is 0 Å². The molecule has 3 atom stereocenters. The first-order chi connectivity index (χ1) is 14.8. The van der Waals surface area contributed by atoms with Gasteiger partial charge in [0, 0.05) is 38.7 Å². The molecule has 0 aliphatic carbocycles. The predicted octanol–water partition coefficient (Wildman–Crippen LogP) is 3.90. The van der Waals surface area contributed by atoms with Crippen LogP contribution < -0.4 is 5.32 Å². The van der Waals surface area contributed by atoms with Gasteiger partial charge in [-0.3, -0.25) is 15.0 Å². The van der Waals surface area contributed by atoms with E-state index in [0.29, 0.717) is 29.6 Å². The Morgan fingerprint density at radius 1 is 1.38 bits per heavy atom. The standard InChI is InChI=1S/C21H32F2N4O4S/c1-13-9-26(10-14(2)30-13)11-15(27-12-21(22,23)7-6-17(27)28)16-8-24-18(32-16)25-19(29)31-20(3,4)5/h8,13-15H,6-7,9-12H2,1-5H3,(H,24,25,29)/t13-,14+,15?. The molecule has 2 saturated heterocycles. The van der Waals surface area contributed by atoms with Gasteiger partial charge in [-0.25, -0.2) is 18.6 Å². The molecule has 3 heterocycles. The van der Waals surface area contributed by atoms with E-state index in [-0.39, 0.29) is 24.5 Å². The Labute approximate surface area is 191 Å². The van der Waals surface area contributed by atoms with Crippen LogP contribution in [0.25, 0.3) is 0 Å². The molecule has 1 unspecified atom stereocenters. The largest absolute Gasteiger partial charge is 0.444 e. The van der Waals surface area contributed by atoms with Gasteiger partial charge in [0.05, 0.1) is 29.7 Å². The molecule has 8 nitrogen and oxygen atoms in total. The van der Waals surface area contributed by atoms with Crippen molar-refractivity contribution in [2.75, 3.05) is 31.5 Å². The Morgan fingerprint density at radius 2 is 2.03 bits per heavy atom. The Bertz CT molecular complexity index is 819. The second kappa shape index (κ2) is 9.56. The molecular formula is C21H32F2N4O4S. The van der Waals surface area contributed by atoms with Crippen molar-refractivity contribution < 1.29 is 27.8 Å². The van der Waals surface area contributed by atoms with Crippen LogP contribution in [0, 0.1) is 0 Å². The molecule has 0 bridgehead atoms. The number of carbonyl (C=O) groups excluding carboxylic acids is 2. The molecule has 11 heteroatoms. The summed E-state index contributed by atoms with van der Waals surface area (Å²) < 4.78 is 39.5. The molecule has 2 aliphatic rings. The Balaban J connectivity index is 1.82. The van der Waals surface area contributed by atoms with E-state index in [1.807, 2.05) is 13.8 Å². The number of alkyl halides is 2. The normalized spacial score (nSPS) is 25.5. The number of nitrogens with zero attached hydrogens (tertiary/aromatic N) is 3. The number of carbonyl (C=O) groups is 2. The van der Waals surface area contributed by atoms with Crippen molar-refractivity contribution in [1.82, 2.24) is 14.8 Å². The number of nitrogens with one attached hydrogen (secondary N) is 1. The molecule has 2 fully saturated rings. The van der Waals surface area contributed by atoms with Gasteiger partial charge >= 0.3 is 6.09 Å². The fourth-order valence-electron chi connectivity index (χ4n) is 4.04. The van der Waals surface area contributed by atoms with Gasteiger partial charge in [0.2, 0.25) is 5.91 Å². The lowest BCUT2D eigenvalue weighted by Crippen LogP contribution is -2.53. The van der Waals surface area contributed by atoms with E-state index in [1.165, 1.54) is 11.1 Å². The molecule has 1 N–H and O–H groups in total. The van der Waals surface area contributed by atoms with Crippen LogP contribution in [0.4, 0.5) is 18.7 Å². The second-order valence-corrected chi connectivity index (χ2v) is 10.6. The van der Waals surface area contributed by atoms with Crippen molar-refractivity contribution in [3.05, 3.63) is 11.1 Å². The minimum Gasteiger partial charge on any atom is -0.444 e. The minimum atomic E-state index is -2.93. The summed E-state index contributed by atoms with van der Waals surface area (Å²) in [6, 6.07) is -0.599. The Morgan fingerprint density at radius 3 is 2.66 bits per heavy atom. The number of rotatable bonds is 5. The number of anilines is 1. The molecule has 1 aromatic heterocycles. The highest BCUT2D eigenvalue weighted by molar-refractivity contribution is 7.15. The quantitative estimate of drug-likeness (QED) is 0.697. The highest BCUT2D eigenvalue weighted by Crippen LogP contribution is 2.36. The van der Waals surface area contributed by atoms with Gasteiger partial charge in [0.25, 0.3) is 5.92 Å². The summed E-state index contributed by atoms with van der Waals surface area (Å²) in [6.45, 7) is 10.2. The highest BCUT2D eigenvalue weighted by Gasteiger charge is 2.43. The summed E-state index contributed by atoms with van der Waals surface area (Å²) in [5.74, 6) is -3.23. The summed E-state index contributed by atoms with van der Waals surface area (Å²) in [4.78, 5) is 33.0. The van der Waals surface area contributed by atoms with E-state index in [0.717, 1.165) is 11.3 Å². The molecule has 0 radical (unpaired) electrons. The van der Waals surface area contributed by atoms with E-state index < -0.39 is 36.6 Å². The average molecular weight is 475 g/mol. The summed E-state index contributed by atoms with van der Waals surface area (Å²) in [7, 11) is 0. The van der Waals surface area contributed by atoms with Crippen molar-refractivity contribution in [2.45, 2.75) is 77.2 Å². The number of aromatic nitrogens is 1. The first-order valence-corrected chi connectivity index (χ1v) is 11.6. The lowest BCUT2D eigenvalue weighted by Gasteiger charge is -2.42. The molecule has 2 amide bonds. The molecular weight excluding hydrogens is 442 g/mol. The molecule has 0 saturated carbocycles. The lowest BCUT2D eigenvalue weighted by atomic mass is 10.0. The third-order valence-electron chi connectivity index (χ3n) is 5.19. The van der Waals surface area contributed by atoms with Crippen LogP contribution in [0.1, 0.15) is 58.4 Å². The number of hydrogen-bond acceptors (Lipinski definition) is 7. The lowest BCUT2D eigenvalue weighted by molar-refractivity contribution is -0.153. The van der Waals surface area contributed by atoms with Crippen LogP contribution in [-0.4, -0.2) is 76.7 Å². The highest BCUT2D eigenvalue weighted by atomic mass is 32.1. The van der Waals surface area contributed by atoms with Crippen molar-refractivity contribution in [2.24, 2.45) is 0 Å². The molecule has 180 valence electrons. The summed E-state index contributed by atoms with van der Waals surface area (Å²) in [5, 5.41) is 2.87. The minimum absolute atomic E-state index is 0.00348. The monoisotopic (exact) mass is 474 g/mol. The van der Waals surface area contributed by atoms with Gasteiger partial charge in [-0.05, 0) is 34.6 Å². The molecule has 32 heavy (non-hydrogen) atoms. The van der Waals surface area contributed by atoms with Gasteiger partial charge in [-0.15, -0.1) is 0 Å². The molecule has 0 aromatic carbocycles. The third kappa shape index (κ3) is 6.82. The molecule has 1 aromatic rings. The van der Waals surface area contributed by atoms with Gasteiger partial charge in [0.15, 0.2) is 5.13 Å². The van der Waals surface area contributed by atoms with Gasteiger partial charge in [-0.1, -0.05) is 11.3 Å². The van der Waals surface area contributed by atoms with E-state index in [4.69, 9.17) is 9.47 Å². The Kier molecular flexibility index (Phi) is 7.41. The molecule has 0 spiro atoms. The van der Waals surface area contributed by atoms with Crippen LogP contribution in [0.3, 0.4) is 0 Å². The maximum atomic E-state index is 14.2. The van der Waals surface area contributed by atoms with Gasteiger partial charge in [-0.2, -0.15) is 0 Å². The summed E-state index contributed by atoms with van der Waals surface area (Å²) in [5.41, 5.74) is -0.664. The van der Waals surface area contributed by atoms with Crippen molar-refractivity contribution in [3.63, 3.8) is 0 Å². The van der Waals surface area contributed by atoms with Gasteiger partial charge < -0.3 is 14.4 Å². The number of morpholine rings is 1. The number of piperidine rings is 1. The first kappa shape index (κ1) is 24.8. The number of thiazole rings is 1. The smallest absolute Gasteiger partial charge is 0.413 e. The van der Waals surface area contributed by atoms with E-state index in [9.17, 15) is 18.4 Å². The predicted molar refractivity (Wildman–Crippen MR) is 117 cm³/mol. The van der Waals surface area contributed by atoms with Gasteiger partial charge in [0.1, 0.15) is 5.60 Å². The number of likely N-dealkylation sites (tertiary alicyclic amines) is 1. The molecule has 3 rings (SSSR count). The Hall–Kier alpha value is -1.85. The van der Waals surface area contributed by atoms with Crippen LogP contribution in [0.15, 0.2) is 6.20 Å². The third-order valence-corrected chi connectivity index (χ3v) is 6.20. The second-order valence-electron chi connectivity index (χ2n) is 9.56. The maximum absolute atomic E-state index is 14.2. The van der Waals surface area contributed by atoms with E-state index in [2.05, 4.69) is 15.2 Å². The van der Waals surface area contributed by atoms with Crippen molar-refractivity contribution >= 4 is 28.5 Å². The zero-order valence-electron chi connectivity index (χ0n) is 19.2. The summed E-state index contributed by atoms with van der Waals surface area (Å²) >= 11 is 1.16. The number of ether oxygens (including phenoxy) is 2. The van der Waals surface area contributed by atoms with Crippen LogP contribution in [-0.2, 0) is 14.3 Å². The van der Waals surface area contributed by atoms with Crippen LogP contribution >= 0.6 is 11.3 Å². The van der Waals surface area contributed by atoms with E-state index in [1.54, 1.807) is 20.8 Å². The SMILES string of the molecule is C[C@@H]1CN(CC(c2cnc(NC(=O)OC(C)(C)C)s2)N2CC(F)(F)CCC2=O)C[C@H](C)O1. The number of hydrogen-bond donors (Lipinski definition) is 1. The summed E-state index contributed by atoms with van der Waals surface area (Å²) in [6.07, 6.45) is 0.268. The molecule has 2 aliphatic heterocycles. The zero-order valence-corrected chi connectivity index (χ0v) is 20.0. The fraction of sp³-hybridized carbons (Fsp3) is 0.762. The fourth-order valence-corrected chi connectivity index (χ4v) is 4.95. The average Bonchev–Trinajstić information content (AvgIpc) is 3.07. The van der Waals surface area contributed by atoms with Crippen LogP contribution in [0.5, 0.6) is 0 Å².